The number of amides is 4. The summed E-state index contributed by atoms with van der Waals surface area (Å²) in [7, 11) is 1.51. The average molecular weight is 660 g/mol. The first-order valence-electron chi connectivity index (χ1n) is 13.6. The van der Waals surface area contributed by atoms with Gasteiger partial charge in [-0.15, -0.1) is 0 Å². The third-order valence-electron chi connectivity index (χ3n) is 8.20. The summed E-state index contributed by atoms with van der Waals surface area (Å²) in [5, 5.41) is 9.22. The minimum absolute atomic E-state index is 0.222. The number of fused-ring (bicyclic) bond motifs is 2. The molecule has 4 amide bonds. The van der Waals surface area contributed by atoms with E-state index < -0.39 is 0 Å². The minimum Gasteiger partial charge on any atom is -0.277 e. The van der Waals surface area contributed by atoms with Gasteiger partial charge in [-0.05, 0) is 0 Å². The van der Waals surface area contributed by atoms with Crippen LogP contribution in [-0.2, 0) is 0 Å². The van der Waals surface area contributed by atoms with Crippen molar-refractivity contribution >= 4 is 93.0 Å². The summed E-state index contributed by atoms with van der Waals surface area (Å²) >= 11 is 1.31. The zero-order valence-electron chi connectivity index (χ0n) is 22.2. The predicted molar refractivity (Wildman–Crippen MR) is 160 cm³/mol. The Labute approximate surface area is 242 Å². The van der Waals surface area contributed by atoms with Crippen molar-refractivity contribution in [2.45, 2.75) is 36.8 Å². The number of carbonyl (C=O) groups excluding carboxylic acids is 4. The molecule has 0 saturated heterocycles. The van der Waals surface area contributed by atoms with Gasteiger partial charge in [-0.2, -0.15) is 0 Å². The Bertz CT molecular complexity index is 1810. The molecule has 0 unspecified atom stereocenters. The van der Waals surface area contributed by atoms with Gasteiger partial charge in [-0.3, -0.25) is 14.5 Å². The summed E-state index contributed by atoms with van der Waals surface area (Å²) < 4.78 is 0. The molecule has 0 saturated carbocycles. The number of carbonyl (C=O) groups is 4. The maximum absolute atomic E-state index is 13.7. The molecule has 5 aromatic rings. The van der Waals surface area contributed by atoms with E-state index in [4.69, 9.17) is 0 Å². The van der Waals surface area contributed by atoms with Crippen molar-refractivity contribution in [1.29, 1.82) is 0 Å². The first-order valence-corrected chi connectivity index (χ1v) is 20.3. The fourth-order valence-electron chi connectivity index (χ4n) is 6.24. The molecule has 8 heteroatoms. The number of hydrogen-bond acceptors (Lipinski definition) is 4. The molecular weight excluding hydrogens is 634 g/mol. The summed E-state index contributed by atoms with van der Waals surface area (Å²) in [5.74, 6) is -1.06. The summed E-state index contributed by atoms with van der Waals surface area (Å²) in [6, 6.07) is 15.1. The molecule has 40 heavy (non-hydrogen) atoms. The molecule has 2 aliphatic rings. The van der Waals surface area contributed by atoms with Gasteiger partial charge in [0.05, 0.1) is 0 Å². The Morgan fingerprint density at radius 1 is 0.550 bits per heavy atom. The van der Waals surface area contributed by atoms with Crippen molar-refractivity contribution in [2.24, 2.45) is 0 Å². The summed E-state index contributed by atoms with van der Waals surface area (Å²) in [5.41, 5.74) is 2.16. The number of nitrogens with zero attached hydrogens (tertiary/aromatic N) is 2. The third-order valence-corrected chi connectivity index (χ3v) is 15.9. The van der Waals surface area contributed by atoms with E-state index in [0.717, 1.165) is 44.1 Å². The van der Waals surface area contributed by atoms with Gasteiger partial charge in [0.25, 0.3) is 11.8 Å². The smallest absolute Gasteiger partial charge is 0.261 e. The van der Waals surface area contributed by atoms with Crippen molar-refractivity contribution < 1.29 is 19.2 Å². The number of rotatable bonds is 8. The van der Waals surface area contributed by atoms with Crippen molar-refractivity contribution in [1.82, 2.24) is 9.80 Å². The van der Waals surface area contributed by atoms with E-state index in [1.807, 2.05) is 36.4 Å². The van der Waals surface area contributed by atoms with E-state index in [0.29, 0.717) is 65.8 Å². The molecule has 0 N–H and O–H groups in total. The average Bonchev–Trinajstić information content (AvgIpc) is 2.97. The molecular formula is C32H26N2O4Se2. The first-order chi connectivity index (χ1) is 19.4. The van der Waals surface area contributed by atoms with Crippen molar-refractivity contribution in [3.8, 4) is 0 Å². The topological polar surface area (TPSA) is 74.8 Å². The molecule has 2 aliphatic heterocycles. The summed E-state index contributed by atoms with van der Waals surface area (Å²) in [6.07, 6.45) is 3.39. The Kier molecular flexibility index (Phi) is 6.21. The molecule has 6 nitrogen and oxygen atoms in total. The van der Waals surface area contributed by atoms with Gasteiger partial charge in [-0.1, -0.05) is 0 Å². The first kappa shape index (κ1) is 25.7. The van der Waals surface area contributed by atoms with Crippen LogP contribution in [0.15, 0.2) is 48.5 Å². The number of hydrogen-bond donors (Lipinski definition) is 0. The largest absolute Gasteiger partial charge is 0.277 e. The molecule has 0 aromatic heterocycles. The van der Waals surface area contributed by atoms with Gasteiger partial charge in [0.2, 0.25) is 0 Å². The van der Waals surface area contributed by atoms with Crippen LogP contribution in [0.1, 0.15) is 67.6 Å². The van der Waals surface area contributed by atoms with Crippen LogP contribution in [0.5, 0.6) is 0 Å². The van der Waals surface area contributed by atoms with Crippen molar-refractivity contribution in [2.75, 3.05) is 13.6 Å². The second-order valence-corrected chi connectivity index (χ2v) is 18.3. The predicted octanol–water partition coefficient (Wildman–Crippen LogP) is 5.91. The molecule has 0 radical (unpaired) electrons. The van der Waals surface area contributed by atoms with Crippen molar-refractivity contribution in [3.63, 3.8) is 0 Å². The zero-order chi connectivity index (χ0) is 27.7. The quantitative estimate of drug-likeness (QED) is 0.0683. The van der Waals surface area contributed by atoms with Gasteiger partial charge in [0.15, 0.2) is 0 Å². The number of unbranched alkanes of at least 4 members (excludes halogenated alkanes) is 1. The van der Waals surface area contributed by atoms with Gasteiger partial charge < -0.3 is 0 Å². The minimum atomic E-state index is -0.309. The number of imide groups is 2. The van der Waals surface area contributed by atoms with Crippen LogP contribution >= 0.6 is 0 Å². The second kappa shape index (κ2) is 9.67. The molecule has 5 aromatic carbocycles. The summed E-state index contributed by atoms with van der Waals surface area (Å²) in [6.45, 7) is 2.68. The van der Waals surface area contributed by atoms with Crippen LogP contribution in [-0.4, -0.2) is 73.3 Å². The maximum Gasteiger partial charge on any atom is 0.261 e. The van der Waals surface area contributed by atoms with Crippen LogP contribution in [0.3, 0.4) is 0 Å². The zero-order valence-corrected chi connectivity index (χ0v) is 25.6. The van der Waals surface area contributed by atoms with E-state index >= 15 is 0 Å². The molecule has 0 spiro atoms. The number of benzene rings is 5. The Hall–Kier alpha value is -3.28. The van der Waals surface area contributed by atoms with Crippen LogP contribution in [0.4, 0.5) is 0 Å². The Morgan fingerprint density at radius 2 is 0.950 bits per heavy atom. The normalized spacial score (nSPS) is 15.2. The van der Waals surface area contributed by atoms with Gasteiger partial charge >= 0.3 is 199 Å². The fraction of sp³-hybridized carbons (Fsp3) is 0.250. The monoisotopic (exact) mass is 662 g/mol. The van der Waals surface area contributed by atoms with Crippen LogP contribution in [0.2, 0.25) is 10.6 Å². The molecule has 0 bridgehead atoms. The molecule has 200 valence electrons. The third kappa shape index (κ3) is 3.53. The molecule has 2 heterocycles. The van der Waals surface area contributed by atoms with E-state index in [1.165, 1.54) is 35.0 Å². The van der Waals surface area contributed by atoms with E-state index in [9.17, 15) is 19.2 Å². The second-order valence-electron chi connectivity index (χ2n) is 10.4. The van der Waals surface area contributed by atoms with E-state index in [-0.39, 0.29) is 23.6 Å². The van der Waals surface area contributed by atoms with Gasteiger partial charge in [0, 0.05) is 18.2 Å². The van der Waals surface area contributed by atoms with E-state index in [2.05, 4.69) is 6.92 Å². The molecule has 7 rings (SSSR count). The van der Waals surface area contributed by atoms with E-state index in [1.54, 1.807) is 12.1 Å². The van der Waals surface area contributed by atoms with Gasteiger partial charge in [0.1, 0.15) is 0 Å². The van der Waals surface area contributed by atoms with Gasteiger partial charge in [-0.25, -0.2) is 0 Å². The molecule has 0 atom stereocenters. The summed E-state index contributed by atoms with van der Waals surface area (Å²) in [4.78, 5) is 55.9. The van der Waals surface area contributed by atoms with Crippen LogP contribution < -0.4 is 0 Å². The van der Waals surface area contributed by atoms with Crippen molar-refractivity contribution in [3.05, 3.63) is 70.8 Å². The Balaban J connectivity index is 1.36. The molecule has 0 fully saturated rings. The van der Waals surface area contributed by atoms with Crippen LogP contribution in [0.25, 0.3) is 43.1 Å². The fourth-order valence-corrected chi connectivity index (χ4v) is 13.2. The molecule has 0 aliphatic carbocycles. The Morgan fingerprint density at radius 3 is 1.38 bits per heavy atom. The maximum atomic E-state index is 13.7. The van der Waals surface area contributed by atoms with Crippen LogP contribution in [0, 0.1) is 0 Å². The standard InChI is InChI=1S/C32H26N2O4Se2/c1-3-4-15-39-40-16-5-14-34-31(37)23-12-8-19-17-6-10-21-27-22(30(36)33(2)29(21)35)11-7-18(25(17)27)20-9-13-24(32(34)38)28(23)26(19)20/h6-13H,3-5,14-16H2,1-2H3. The SMILES string of the molecule is CCCC[Se][Se]CCCN1C(=O)c2ccc3c4ccc5c6c(ccc(c7ccc(c2c37)C1=O)c64)C(=O)N(C)C5=O.